The number of anilines is 2. The summed E-state index contributed by atoms with van der Waals surface area (Å²) < 4.78 is 4.95. The van der Waals surface area contributed by atoms with E-state index < -0.39 is 18.5 Å². The molecule has 1 amide bonds. The first-order chi connectivity index (χ1) is 11.0. The summed E-state index contributed by atoms with van der Waals surface area (Å²) in [5.41, 5.74) is 7.89. The van der Waals surface area contributed by atoms with Gasteiger partial charge in [0.15, 0.2) is 6.61 Å². The fraction of sp³-hybridized carbons (Fsp3) is 0.176. The molecule has 0 heterocycles. The minimum Gasteiger partial charge on any atom is -0.452 e. The zero-order valence-corrected chi connectivity index (χ0v) is 13.4. The average Bonchev–Trinajstić information content (AvgIpc) is 2.55. The molecule has 0 aromatic heterocycles. The Kier molecular flexibility index (Phi) is 5.60. The summed E-state index contributed by atoms with van der Waals surface area (Å²) in [7, 11) is 0. The molecule has 0 spiro atoms. The lowest BCUT2D eigenvalue weighted by Gasteiger charge is -2.08. The van der Waals surface area contributed by atoms with E-state index in [1.165, 1.54) is 17.7 Å². The number of nitrogens with one attached hydrogen (secondary N) is 1. The van der Waals surface area contributed by atoms with Crippen molar-refractivity contribution in [3.63, 3.8) is 0 Å². The number of nitrogen functional groups attached to an aromatic ring is 1. The number of nitrogens with two attached hydrogens (primary N) is 1. The number of amides is 1. The Morgan fingerprint density at radius 2 is 1.87 bits per heavy atom. The van der Waals surface area contributed by atoms with Crippen molar-refractivity contribution in [1.29, 1.82) is 0 Å². The Labute approximate surface area is 139 Å². The fourth-order valence-electron chi connectivity index (χ4n) is 1.93. The van der Waals surface area contributed by atoms with Crippen molar-refractivity contribution in [2.75, 3.05) is 17.7 Å². The van der Waals surface area contributed by atoms with Crippen molar-refractivity contribution in [2.24, 2.45) is 0 Å². The van der Waals surface area contributed by atoms with Crippen LogP contribution in [-0.2, 0) is 16.0 Å². The Morgan fingerprint density at radius 1 is 1.17 bits per heavy atom. The maximum atomic E-state index is 11.9. The monoisotopic (exact) mass is 332 g/mol. The number of ether oxygens (including phenoxy) is 1. The second kappa shape index (κ2) is 7.65. The van der Waals surface area contributed by atoms with Crippen LogP contribution >= 0.6 is 11.6 Å². The average molecular weight is 333 g/mol. The van der Waals surface area contributed by atoms with Crippen molar-refractivity contribution in [1.82, 2.24) is 0 Å². The van der Waals surface area contributed by atoms with Gasteiger partial charge in [0.05, 0.1) is 5.56 Å². The van der Waals surface area contributed by atoms with Gasteiger partial charge in [0.2, 0.25) is 0 Å². The predicted molar refractivity (Wildman–Crippen MR) is 90.6 cm³/mol. The van der Waals surface area contributed by atoms with Crippen LogP contribution in [0, 0.1) is 0 Å². The van der Waals surface area contributed by atoms with E-state index in [0.717, 1.165) is 6.42 Å². The van der Waals surface area contributed by atoms with Gasteiger partial charge in [-0.2, -0.15) is 0 Å². The van der Waals surface area contributed by atoms with Gasteiger partial charge < -0.3 is 15.8 Å². The van der Waals surface area contributed by atoms with E-state index in [4.69, 9.17) is 22.1 Å². The van der Waals surface area contributed by atoms with Gasteiger partial charge in [0, 0.05) is 16.4 Å². The van der Waals surface area contributed by atoms with E-state index in [-0.39, 0.29) is 11.3 Å². The second-order valence-electron chi connectivity index (χ2n) is 4.91. The van der Waals surface area contributed by atoms with Crippen LogP contribution in [0.25, 0.3) is 0 Å². The van der Waals surface area contributed by atoms with E-state index in [1.54, 1.807) is 18.2 Å². The van der Waals surface area contributed by atoms with Crippen LogP contribution < -0.4 is 11.1 Å². The molecule has 0 aliphatic heterocycles. The molecule has 0 saturated heterocycles. The molecular weight excluding hydrogens is 316 g/mol. The molecule has 120 valence electrons. The molecule has 0 bridgehead atoms. The fourth-order valence-corrected chi connectivity index (χ4v) is 2.11. The number of carbonyl (C=O) groups is 2. The van der Waals surface area contributed by atoms with Crippen LogP contribution in [0.3, 0.4) is 0 Å². The number of halogens is 1. The van der Waals surface area contributed by atoms with E-state index in [2.05, 4.69) is 12.2 Å². The first kappa shape index (κ1) is 16.8. The highest BCUT2D eigenvalue weighted by Crippen LogP contribution is 2.18. The molecule has 0 fully saturated rings. The number of benzene rings is 2. The van der Waals surface area contributed by atoms with Crippen LogP contribution in [0.4, 0.5) is 11.4 Å². The normalized spacial score (nSPS) is 10.2. The minimum absolute atomic E-state index is 0.137. The van der Waals surface area contributed by atoms with Crippen molar-refractivity contribution in [3.8, 4) is 0 Å². The van der Waals surface area contributed by atoms with Crippen LogP contribution in [0.1, 0.15) is 22.8 Å². The lowest BCUT2D eigenvalue weighted by Crippen LogP contribution is -2.21. The number of aryl methyl sites for hydroxylation is 1. The molecule has 0 unspecified atom stereocenters. The molecule has 23 heavy (non-hydrogen) atoms. The highest BCUT2D eigenvalue weighted by atomic mass is 35.5. The Balaban J connectivity index is 1.90. The summed E-state index contributed by atoms with van der Waals surface area (Å²) in [5, 5.41) is 3.02. The van der Waals surface area contributed by atoms with E-state index in [0.29, 0.717) is 10.7 Å². The number of esters is 1. The summed E-state index contributed by atoms with van der Waals surface area (Å²) >= 11 is 5.81. The maximum Gasteiger partial charge on any atom is 0.340 e. The van der Waals surface area contributed by atoms with Crippen LogP contribution in [0.15, 0.2) is 42.5 Å². The summed E-state index contributed by atoms with van der Waals surface area (Å²) in [6, 6.07) is 11.9. The Morgan fingerprint density at radius 3 is 2.52 bits per heavy atom. The predicted octanol–water partition coefficient (Wildman–Crippen LogP) is 3.28. The second-order valence-corrected chi connectivity index (χ2v) is 5.34. The molecule has 2 aromatic rings. The smallest absolute Gasteiger partial charge is 0.340 e. The third-order valence-corrected chi connectivity index (χ3v) is 3.45. The molecule has 0 atom stereocenters. The largest absolute Gasteiger partial charge is 0.452 e. The minimum atomic E-state index is -0.693. The molecule has 2 aromatic carbocycles. The molecule has 5 nitrogen and oxygen atoms in total. The molecular formula is C17H17ClN2O3. The van der Waals surface area contributed by atoms with Crippen molar-refractivity contribution in [3.05, 3.63) is 58.6 Å². The van der Waals surface area contributed by atoms with Crippen molar-refractivity contribution in [2.45, 2.75) is 13.3 Å². The standard InChI is InChI=1S/C17H17ClN2O3/c1-2-11-3-6-13(7-4-11)20-16(21)10-23-17(22)14-9-12(18)5-8-15(14)19/h3-9H,2,10,19H2,1H3,(H,20,21). The maximum absolute atomic E-state index is 11.9. The number of hydrogen-bond acceptors (Lipinski definition) is 4. The summed E-state index contributed by atoms with van der Waals surface area (Å²) in [4.78, 5) is 23.7. The first-order valence-electron chi connectivity index (χ1n) is 7.10. The van der Waals surface area contributed by atoms with Gasteiger partial charge in [-0.3, -0.25) is 4.79 Å². The van der Waals surface area contributed by atoms with E-state index in [9.17, 15) is 9.59 Å². The number of hydrogen-bond donors (Lipinski definition) is 2. The number of carbonyl (C=O) groups excluding carboxylic acids is 2. The molecule has 0 aliphatic rings. The summed E-state index contributed by atoms with van der Waals surface area (Å²) in [6.45, 7) is 1.65. The third kappa shape index (κ3) is 4.72. The molecule has 0 saturated carbocycles. The SMILES string of the molecule is CCc1ccc(NC(=O)COC(=O)c2cc(Cl)ccc2N)cc1. The molecule has 0 radical (unpaired) electrons. The third-order valence-electron chi connectivity index (χ3n) is 3.22. The van der Waals surface area contributed by atoms with Gasteiger partial charge in [-0.25, -0.2) is 4.79 Å². The van der Waals surface area contributed by atoms with Gasteiger partial charge in [-0.05, 0) is 42.3 Å². The van der Waals surface area contributed by atoms with Crippen molar-refractivity contribution < 1.29 is 14.3 Å². The molecule has 0 aliphatic carbocycles. The lowest BCUT2D eigenvalue weighted by molar-refractivity contribution is -0.119. The molecule has 2 rings (SSSR count). The van der Waals surface area contributed by atoms with E-state index in [1.807, 2.05) is 12.1 Å². The van der Waals surface area contributed by atoms with Crippen LogP contribution in [0.2, 0.25) is 5.02 Å². The Bertz CT molecular complexity index is 714. The Hall–Kier alpha value is -2.53. The van der Waals surface area contributed by atoms with Crippen LogP contribution in [-0.4, -0.2) is 18.5 Å². The lowest BCUT2D eigenvalue weighted by atomic mass is 10.1. The summed E-state index contributed by atoms with van der Waals surface area (Å²) in [6.07, 6.45) is 0.924. The summed E-state index contributed by atoms with van der Waals surface area (Å²) in [5.74, 6) is -1.12. The van der Waals surface area contributed by atoms with Crippen molar-refractivity contribution >= 4 is 34.9 Å². The van der Waals surface area contributed by atoms with Gasteiger partial charge in [0.25, 0.3) is 5.91 Å². The van der Waals surface area contributed by atoms with Gasteiger partial charge in [-0.15, -0.1) is 0 Å². The quantitative estimate of drug-likeness (QED) is 0.650. The van der Waals surface area contributed by atoms with E-state index >= 15 is 0 Å². The zero-order valence-electron chi connectivity index (χ0n) is 12.6. The van der Waals surface area contributed by atoms with Gasteiger partial charge in [0.1, 0.15) is 0 Å². The van der Waals surface area contributed by atoms with Gasteiger partial charge in [-0.1, -0.05) is 30.7 Å². The molecule has 6 heteroatoms. The van der Waals surface area contributed by atoms with Crippen LogP contribution in [0.5, 0.6) is 0 Å². The van der Waals surface area contributed by atoms with Gasteiger partial charge >= 0.3 is 5.97 Å². The topological polar surface area (TPSA) is 81.4 Å². The highest BCUT2D eigenvalue weighted by molar-refractivity contribution is 6.31. The zero-order chi connectivity index (χ0) is 16.8. The highest BCUT2D eigenvalue weighted by Gasteiger charge is 2.14. The first-order valence-corrected chi connectivity index (χ1v) is 7.48. The number of rotatable bonds is 5. The molecule has 3 N–H and O–H groups in total.